The Balaban J connectivity index is 2.05. The Hall–Kier alpha value is -1.70. The second-order valence-electron chi connectivity index (χ2n) is 6.79. The number of carbonyl (C=O) groups is 1. The summed E-state index contributed by atoms with van der Waals surface area (Å²) in [7, 11) is -1.83. The Morgan fingerprint density at radius 1 is 1.19 bits per heavy atom. The quantitative estimate of drug-likeness (QED) is 0.767. The van der Waals surface area contributed by atoms with Crippen molar-refractivity contribution in [3.05, 3.63) is 35.9 Å². The van der Waals surface area contributed by atoms with Crippen LogP contribution in [0.2, 0.25) is 0 Å². The molecular formula is C19H28N2O4S. The van der Waals surface area contributed by atoms with Crippen LogP contribution in [0.25, 0.3) is 6.08 Å². The highest BCUT2D eigenvalue weighted by atomic mass is 32.2. The van der Waals surface area contributed by atoms with E-state index in [1.54, 1.807) is 48.6 Å². The smallest absolute Gasteiger partial charge is 0.246 e. The van der Waals surface area contributed by atoms with Gasteiger partial charge in [-0.2, -0.15) is 4.31 Å². The zero-order valence-electron chi connectivity index (χ0n) is 15.5. The van der Waals surface area contributed by atoms with Crippen molar-refractivity contribution < 1.29 is 18.3 Å². The maximum absolute atomic E-state index is 12.7. The van der Waals surface area contributed by atoms with E-state index in [0.717, 1.165) is 31.2 Å². The molecule has 1 saturated heterocycles. The highest BCUT2D eigenvalue weighted by molar-refractivity contribution is 7.89. The minimum absolute atomic E-state index is 0.216. The number of aliphatic hydroxyl groups excluding tert-OH is 1. The molecule has 1 unspecified atom stereocenters. The van der Waals surface area contributed by atoms with Crippen molar-refractivity contribution in [1.82, 2.24) is 9.21 Å². The molecule has 1 aromatic rings. The summed E-state index contributed by atoms with van der Waals surface area (Å²) in [6.07, 6.45) is 6.44. The van der Waals surface area contributed by atoms with E-state index < -0.39 is 16.1 Å². The van der Waals surface area contributed by atoms with Crippen LogP contribution in [-0.4, -0.2) is 61.4 Å². The number of hydrogen-bond acceptors (Lipinski definition) is 4. The van der Waals surface area contributed by atoms with Gasteiger partial charge >= 0.3 is 0 Å². The average Bonchev–Trinajstić information content (AvgIpc) is 2.89. The van der Waals surface area contributed by atoms with Gasteiger partial charge in [-0.05, 0) is 43.5 Å². The van der Waals surface area contributed by atoms with Gasteiger partial charge in [0.25, 0.3) is 0 Å². The van der Waals surface area contributed by atoms with E-state index in [2.05, 4.69) is 0 Å². The molecule has 6 nitrogen and oxygen atoms in total. The molecule has 26 heavy (non-hydrogen) atoms. The summed E-state index contributed by atoms with van der Waals surface area (Å²) in [6, 6.07) is 6.57. The summed E-state index contributed by atoms with van der Waals surface area (Å²) >= 11 is 0. The van der Waals surface area contributed by atoms with Crippen LogP contribution in [0.5, 0.6) is 0 Å². The predicted molar refractivity (Wildman–Crippen MR) is 102 cm³/mol. The summed E-state index contributed by atoms with van der Waals surface area (Å²) in [5, 5.41) is 9.31. The van der Waals surface area contributed by atoms with Crippen LogP contribution in [0.1, 0.15) is 38.2 Å². The number of likely N-dealkylation sites (N-methyl/N-ethyl adjacent to an activating group) is 1. The van der Waals surface area contributed by atoms with Gasteiger partial charge < -0.3 is 10.0 Å². The standard InChI is InChI=1S/C19H28N2O4S/c1-16(22)15-20(2)19(23)12-9-17-7-10-18(11-8-17)26(24,25)21-13-5-3-4-6-14-21/h7-12,16,22H,3-6,13-15H2,1-2H3. The SMILES string of the molecule is CC(O)CN(C)C(=O)C=Cc1ccc(S(=O)(=O)N2CCCCCC2)cc1. The van der Waals surface area contributed by atoms with Gasteiger partial charge in [0, 0.05) is 32.8 Å². The first-order valence-electron chi connectivity index (χ1n) is 9.02. The van der Waals surface area contributed by atoms with Gasteiger partial charge in [0.05, 0.1) is 11.0 Å². The molecule has 1 fully saturated rings. The van der Waals surface area contributed by atoms with Gasteiger partial charge in [-0.15, -0.1) is 0 Å². The second-order valence-corrected chi connectivity index (χ2v) is 8.73. The van der Waals surface area contributed by atoms with E-state index in [0.29, 0.717) is 13.1 Å². The van der Waals surface area contributed by atoms with Crippen LogP contribution in [-0.2, 0) is 14.8 Å². The van der Waals surface area contributed by atoms with Crippen molar-refractivity contribution in [2.24, 2.45) is 0 Å². The first-order chi connectivity index (χ1) is 12.3. The maximum atomic E-state index is 12.7. The fraction of sp³-hybridized carbons (Fsp3) is 0.526. The summed E-state index contributed by atoms with van der Waals surface area (Å²) < 4.78 is 27.0. The van der Waals surface area contributed by atoms with Crippen molar-refractivity contribution in [3.8, 4) is 0 Å². The normalized spacial score (nSPS) is 17.8. The van der Waals surface area contributed by atoms with Crippen LogP contribution >= 0.6 is 0 Å². The topological polar surface area (TPSA) is 77.9 Å². The lowest BCUT2D eigenvalue weighted by atomic mass is 10.2. The van der Waals surface area contributed by atoms with E-state index in [9.17, 15) is 18.3 Å². The number of carbonyl (C=O) groups excluding carboxylic acids is 1. The van der Waals surface area contributed by atoms with Crippen LogP contribution in [0.3, 0.4) is 0 Å². The van der Waals surface area contributed by atoms with Gasteiger partial charge in [-0.1, -0.05) is 25.0 Å². The molecule has 1 aromatic carbocycles. The highest BCUT2D eigenvalue weighted by Gasteiger charge is 2.24. The number of amides is 1. The lowest BCUT2D eigenvalue weighted by Crippen LogP contribution is -2.31. The van der Waals surface area contributed by atoms with E-state index in [4.69, 9.17) is 0 Å². The lowest BCUT2D eigenvalue weighted by molar-refractivity contribution is -0.125. The highest BCUT2D eigenvalue weighted by Crippen LogP contribution is 2.21. The molecule has 0 saturated carbocycles. The molecule has 0 aromatic heterocycles. The van der Waals surface area contributed by atoms with Crippen LogP contribution in [0.15, 0.2) is 35.2 Å². The van der Waals surface area contributed by atoms with E-state index >= 15 is 0 Å². The third-order valence-electron chi connectivity index (χ3n) is 4.42. The molecule has 1 amide bonds. The Labute approximate surface area is 156 Å². The summed E-state index contributed by atoms with van der Waals surface area (Å²) in [4.78, 5) is 13.7. The Bertz CT molecular complexity index is 718. The number of benzene rings is 1. The van der Waals surface area contributed by atoms with Gasteiger partial charge in [-0.3, -0.25) is 4.79 Å². The van der Waals surface area contributed by atoms with E-state index in [1.807, 2.05) is 0 Å². The number of aliphatic hydroxyl groups is 1. The predicted octanol–water partition coefficient (Wildman–Crippen LogP) is 2.10. The molecule has 1 heterocycles. The van der Waals surface area contributed by atoms with Crippen molar-refractivity contribution in [2.75, 3.05) is 26.7 Å². The molecule has 0 radical (unpaired) electrons. The largest absolute Gasteiger partial charge is 0.392 e. The Kier molecular flexibility index (Phi) is 7.37. The molecule has 7 heteroatoms. The summed E-state index contributed by atoms with van der Waals surface area (Å²) in [6.45, 7) is 3.04. The summed E-state index contributed by atoms with van der Waals surface area (Å²) in [5.74, 6) is -0.216. The second kappa shape index (κ2) is 9.30. The molecule has 0 aliphatic carbocycles. The number of sulfonamides is 1. The van der Waals surface area contributed by atoms with Crippen molar-refractivity contribution in [2.45, 2.75) is 43.6 Å². The van der Waals surface area contributed by atoms with Crippen molar-refractivity contribution >= 4 is 22.0 Å². The molecule has 1 aliphatic rings. The molecule has 0 spiro atoms. The van der Waals surface area contributed by atoms with Gasteiger partial charge in [0.1, 0.15) is 0 Å². The first kappa shape index (κ1) is 20.6. The van der Waals surface area contributed by atoms with Crippen LogP contribution in [0.4, 0.5) is 0 Å². The third kappa shape index (κ3) is 5.65. The monoisotopic (exact) mass is 380 g/mol. The fourth-order valence-electron chi connectivity index (χ4n) is 2.96. The van der Waals surface area contributed by atoms with Crippen LogP contribution < -0.4 is 0 Å². The van der Waals surface area contributed by atoms with Crippen LogP contribution in [0, 0.1) is 0 Å². The number of rotatable bonds is 6. The first-order valence-corrected chi connectivity index (χ1v) is 10.5. The zero-order valence-corrected chi connectivity index (χ0v) is 16.3. The molecule has 144 valence electrons. The molecule has 0 bridgehead atoms. The van der Waals surface area contributed by atoms with Gasteiger partial charge in [-0.25, -0.2) is 8.42 Å². The molecule has 2 rings (SSSR count). The Morgan fingerprint density at radius 2 is 1.77 bits per heavy atom. The lowest BCUT2D eigenvalue weighted by Gasteiger charge is -2.20. The minimum Gasteiger partial charge on any atom is -0.392 e. The van der Waals surface area contributed by atoms with E-state index in [-0.39, 0.29) is 17.3 Å². The number of nitrogens with zero attached hydrogens (tertiary/aromatic N) is 2. The zero-order chi connectivity index (χ0) is 19.2. The molecule has 1 N–H and O–H groups in total. The summed E-state index contributed by atoms with van der Waals surface area (Å²) in [5.41, 5.74) is 0.749. The van der Waals surface area contributed by atoms with E-state index in [1.165, 1.54) is 11.0 Å². The van der Waals surface area contributed by atoms with Gasteiger partial charge in [0.2, 0.25) is 15.9 Å². The fourth-order valence-corrected chi connectivity index (χ4v) is 4.48. The molecule has 1 aliphatic heterocycles. The molecular weight excluding hydrogens is 352 g/mol. The van der Waals surface area contributed by atoms with Gasteiger partial charge in [0.15, 0.2) is 0 Å². The average molecular weight is 381 g/mol. The number of hydrogen-bond donors (Lipinski definition) is 1. The Morgan fingerprint density at radius 3 is 2.31 bits per heavy atom. The van der Waals surface area contributed by atoms with Crippen molar-refractivity contribution in [1.29, 1.82) is 0 Å². The van der Waals surface area contributed by atoms with Crippen molar-refractivity contribution in [3.63, 3.8) is 0 Å². The third-order valence-corrected chi connectivity index (χ3v) is 6.33. The molecule has 1 atom stereocenters. The minimum atomic E-state index is -3.45. The maximum Gasteiger partial charge on any atom is 0.246 e.